The maximum Gasteiger partial charge on any atom is 0.251 e. The molecular formula is C14H11N5S. The summed E-state index contributed by atoms with van der Waals surface area (Å²) in [6.07, 6.45) is 0. The third-order valence-electron chi connectivity index (χ3n) is 2.57. The highest BCUT2D eigenvalue weighted by atomic mass is 32.1. The Balaban J connectivity index is 1.90. The average molecular weight is 281 g/mol. The highest BCUT2D eigenvalue weighted by molar-refractivity contribution is 7.12. The Labute approximate surface area is 119 Å². The molecule has 0 radical (unpaired) electrons. The summed E-state index contributed by atoms with van der Waals surface area (Å²) in [7, 11) is 0. The van der Waals surface area contributed by atoms with E-state index in [9.17, 15) is 0 Å². The van der Waals surface area contributed by atoms with E-state index in [2.05, 4.69) is 15.3 Å². The summed E-state index contributed by atoms with van der Waals surface area (Å²) >= 11 is 1.19. The van der Waals surface area contributed by atoms with E-state index in [1.165, 1.54) is 11.3 Å². The number of nitrogens with one attached hydrogen (secondary N) is 1. The number of azo groups is 1. The lowest BCUT2D eigenvalue weighted by atomic mass is 10.3. The molecule has 98 valence electrons. The van der Waals surface area contributed by atoms with Crippen molar-refractivity contribution in [1.29, 1.82) is 5.41 Å². The van der Waals surface area contributed by atoms with Gasteiger partial charge in [-0.25, -0.2) is 4.68 Å². The second-order valence-corrected chi connectivity index (χ2v) is 4.93. The fraction of sp³-hybridized carbons (Fsp3) is 0. The molecule has 0 aliphatic heterocycles. The largest absolute Gasteiger partial charge is 0.273 e. The van der Waals surface area contributed by atoms with Crippen molar-refractivity contribution in [2.75, 3.05) is 0 Å². The van der Waals surface area contributed by atoms with Crippen LogP contribution in [0.5, 0.6) is 0 Å². The van der Waals surface area contributed by atoms with E-state index in [4.69, 9.17) is 5.41 Å². The van der Waals surface area contributed by atoms with Gasteiger partial charge in [-0.1, -0.05) is 47.7 Å². The van der Waals surface area contributed by atoms with Crippen LogP contribution in [0.2, 0.25) is 0 Å². The monoisotopic (exact) mass is 281 g/mol. The van der Waals surface area contributed by atoms with E-state index in [0.29, 0.717) is 9.93 Å². The predicted octanol–water partition coefficient (Wildman–Crippen LogP) is 3.83. The number of benzene rings is 2. The number of nitrogens with zero attached hydrogens (tertiary/aromatic N) is 4. The van der Waals surface area contributed by atoms with Gasteiger partial charge in [-0.05, 0) is 24.3 Å². The molecule has 3 rings (SSSR count). The summed E-state index contributed by atoms with van der Waals surface area (Å²) in [5.41, 5.74) is 1.61. The fourth-order valence-corrected chi connectivity index (χ4v) is 2.27. The van der Waals surface area contributed by atoms with Gasteiger partial charge in [0.05, 0.1) is 11.4 Å². The SMILES string of the molecule is N=c1sc(N=Nc2ccccc2)nn1-c1ccccc1. The molecule has 3 aromatic rings. The van der Waals surface area contributed by atoms with Gasteiger partial charge in [-0.15, -0.1) is 15.3 Å². The van der Waals surface area contributed by atoms with Gasteiger partial charge in [0.1, 0.15) is 0 Å². The summed E-state index contributed by atoms with van der Waals surface area (Å²) in [4.78, 5) is 0.318. The summed E-state index contributed by atoms with van der Waals surface area (Å²) in [6.45, 7) is 0. The van der Waals surface area contributed by atoms with E-state index in [0.717, 1.165) is 11.4 Å². The topological polar surface area (TPSA) is 66.4 Å². The Bertz CT molecular complexity index is 774. The van der Waals surface area contributed by atoms with Crippen LogP contribution in [-0.2, 0) is 0 Å². The zero-order valence-electron chi connectivity index (χ0n) is 10.5. The van der Waals surface area contributed by atoms with Gasteiger partial charge in [0.2, 0.25) is 4.80 Å². The smallest absolute Gasteiger partial charge is 0.251 e. The van der Waals surface area contributed by atoms with Gasteiger partial charge in [-0.2, -0.15) is 0 Å². The molecule has 0 atom stereocenters. The zero-order chi connectivity index (χ0) is 13.8. The lowest BCUT2D eigenvalue weighted by Gasteiger charge is -1.97. The molecule has 1 heterocycles. The molecule has 1 N–H and O–H groups in total. The number of para-hydroxylation sites is 1. The second kappa shape index (κ2) is 5.58. The first kappa shape index (κ1) is 12.4. The van der Waals surface area contributed by atoms with E-state index in [-0.39, 0.29) is 0 Å². The molecule has 0 saturated carbocycles. The number of aromatic nitrogens is 2. The minimum atomic E-state index is 0.318. The van der Waals surface area contributed by atoms with Crippen molar-refractivity contribution in [3.8, 4) is 5.69 Å². The maximum atomic E-state index is 7.93. The first-order chi connectivity index (χ1) is 9.83. The van der Waals surface area contributed by atoms with Gasteiger partial charge in [0, 0.05) is 0 Å². The summed E-state index contributed by atoms with van der Waals surface area (Å²) in [6, 6.07) is 19.0. The van der Waals surface area contributed by atoms with Gasteiger partial charge < -0.3 is 0 Å². The molecule has 0 amide bonds. The van der Waals surface area contributed by atoms with Crippen molar-refractivity contribution in [1.82, 2.24) is 9.78 Å². The molecule has 0 aliphatic rings. The highest BCUT2D eigenvalue weighted by Gasteiger charge is 2.04. The minimum Gasteiger partial charge on any atom is -0.273 e. The molecule has 0 unspecified atom stereocenters. The van der Waals surface area contributed by atoms with Gasteiger partial charge in [0.25, 0.3) is 5.13 Å². The Morgan fingerprint density at radius 3 is 2.25 bits per heavy atom. The van der Waals surface area contributed by atoms with E-state index >= 15 is 0 Å². The Hall–Kier alpha value is -2.60. The highest BCUT2D eigenvalue weighted by Crippen LogP contribution is 2.18. The van der Waals surface area contributed by atoms with Crippen molar-refractivity contribution in [2.24, 2.45) is 10.2 Å². The fourth-order valence-electron chi connectivity index (χ4n) is 1.66. The average Bonchev–Trinajstić information content (AvgIpc) is 2.88. The van der Waals surface area contributed by atoms with Gasteiger partial charge in [0.15, 0.2) is 0 Å². The molecule has 20 heavy (non-hydrogen) atoms. The lowest BCUT2D eigenvalue weighted by molar-refractivity contribution is 0.819. The normalized spacial score (nSPS) is 11.0. The molecule has 5 nitrogen and oxygen atoms in total. The van der Waals surface area contributed by atoms with E-state index in [1.807, 2.05) is 60.7 Å². The number of hydrogen-bond donors (Lipinski definition) is 1. The summed E-state index contributed by atoms with van der Waals surface area (Å²) < 4.78 is 1.55. The third kappa shape index (κ3) is 2.70. The van der Waals surface area contributed by atoms with Gasteiger partial charge >= 0.3 is 0 Å². The molecular weight excluding hydrogens is 270 g/mol. The molecule has 0 fully saturated rings. The standard InChI is InChI=1S/C14H11N5S/c15-13-19(12-9-5-2-6-10-12)18-14(20-13)17-16-11-7-3-1-4-8-11/h1-10,15H. The van der Waals surface area contributed by atoms with E-state index in [1.54, 1.807) is 4.68 Å². The molecule has 0 spiro atoms. The molecule has 1 aromatic heterocycles. The molecule has 0 saturated heterocycles. The first-order valence-electron chi connectivity index (χ1n) is 6.00. The molecule has 0 aliphatic carbocycles. The zero-order valence-corrected chi connectivity index (χ0v) is 11.3. The minimum absolute atomic E-state index is 0.318. The van der Waals surface area contributed by atoms with Crippen LogP contribution < -0.4 is 4.80 Å². The molecule has 2 aromatic carbocycles. The Morgan fingerprint density at radius 1 is 0.900 bits per heavy atom. The van der Waals surface area contributed by atoms with Crippen LogP contribution in [0.3, 0.4) is 0 Å². The van der Waals surface area contributed by atoms with Crippen LogP contribution in [-0.4, -0.2) is 9.78 Å². The number of hydrogen-bond acceptors (Lipinski definition) is 5. The quantitative estimate of drug-likeness (QED) is 0.728. The van der Waals surface area contributed by atoms with Crippen LogP contribution in [0, 0.1) is 5.41 Å². The van der Waals surface area contributed by atoms with Crippen molar-refractivity contribution in [2.45, 2.75) is 0 Å². The third-order valence-corrected chi connectivity index (χ3v) is 3.29. The summed E-state index contributed by atoms with van der Waals surface area (Å²) in [5, 5.41) is 20.8. The van der Waals surface area contributed by atoms with E-state index < -0.39 is 0 Å². The maximum absolute atomic E-state index is 7.93. The van der Waals surface area contributed by atoms with Crippen LogP contribution >= 0.6 is 11.3 Å². The molecule has 0 bridgehead atoms. The molecule has 6 heteroatoms. The summed E-state index contributed by atoms with van der Waals surface area (Å²) in [5.74, 6) is 0. The van der Waals surface area contributed by atoms with Crippen molar-refractivity contribution in [3.05, 3.63) is 65.5 Å². The van der Waals surface area contributed by atoms with Crippen LogP contribution in [0.15, 0.2) is 70.9 Å². The first-order valence-corrected chi connectivity index (χ1v) is 6.81. The predicted molar refractivity (Wildman–Crippen MR) is 77.9 cm³/mol. The van der Waals surface area contributed by atoms with Crippen LogP contribution in [0.25, 0.3) is 5.69 Å². The van der Waals surface area contributed by atoms with Crippen LogP contribution in [0.4, 0.5) is 10.8 Å². The Morgan fingerprint density at radius 2 is 1.55 bits per heavy atom. The second-order valence-electron chi connectivity index (χ2n) is 3.97. The van der Waals surface area contributed by atoms with Crippen LogP contribution in [0.1, 0.15) is 0 Å². The Kier molecular flexibility index (Phi) is 3.47. The van der Waals surface area contributed by atoms with Gasteiger partial charge in [-0.3, -0.25) is 5.41 Å². The van der Waals surface area contributed by atoms with Crippen molar-refractivity contribution in [3.63, 3.8) is 0 Å². The lowest BCUT2D eigenvalue weighted by Crippen LogP contribution is -2.11. The van der Waals surface area contributed by atoms with Crippen molar-refractivity contribution < 1.29 is 0 Å². The van der Waals surface area contributed by atoms with Crippen molar-refractivity contribution >= 4 is 22.2 Å². The number of rotatable bonds is 3.